The second-order valence-corrected chi connectivity index (χ2v) is 5.36. The molecule has 0 radical (unpaired) electrons. The lowest BCUT2D eigenvalue weighted by Gasteiger charge is -2.07. The molecule has 0 amide bonds. The predicted molar refractivity (Wildman–Crippen MR) is 87.5 cm³/mol. The number of ether oxygens (including phenoxy) is 2. The van der Waals surface area contributed by atoms with E-state index in [4.69, 9.17) is 9.47 Å². The molecular weight excluding hydrogens is 351 g/mol. The third-order valence-corrected chi connectivity index (χ3v) is 3.86. The zero-order valence-electron chi connectivity index (χ0n) is 13.6. The number of hydrogen-bond donors (Lipinski definition) is 2. The van der Waals surface area contributed by atoms with Gasteiger partial charge in [0.2, 0.25) is 5.95 Å². The fourth-order valence-corrected chi connectivity index (χ4v) is 2.61. The van der Waals surface area contributed by atoms with E-state index >= 15 is 0 Å². The van der Waals surface area contributed by atoms with Gasteiger partial charge in [0.05, 0.1) is 30.9 Å². The average molecular weight is 363 g/mol. The molecule has 2 heterocycles. The van der Waals surface area contributed by atoms with Crippen LogP contribution in [-0.4, -0.2) is 33.8 Å². The Morgan fingerprint density at radius 3 is 2.46 bits per heavy atom. The van der Waals surface area contributed by atoms with E-state index in [1.165, 1.54) is 18.7 Å². The minimum absolute atomic E-state index is 0.106. The van der Waals surface area contributed by atoms with Crippen molar-refractivity contribution >= 4 is 28.4 Å². The topological polar surface area (TPSA) is 76.5 Å². The first-order valence-electron chi connectivity index (χ1n) is 7.42. The van der Waals surface area contributed by atoms with Crippen LogP contribution in [0.1, 0.15) is 0 Å². The molecule has 0 fully saturated rings. The SMILES string of the molecule is COc1cc2nc3nc(Nc4ccc(F)c(F)c4F)[nH]n3c2cc1OC. The van der Waals surface area contributed by atoms with Crippen LogP contribution in [-0.2, 0) is 0 Å². The molecule has 0 aliphatic carbocycles. The summed E-state index contributed by atoms with van der Waals surface area (Å²) in [6.45, 7) is 0. The fourth-order valence-electron chi connectivity index (χ4n) is 2.61. The molecular formula is C16H12F3N5O2. The number of anilines is 2. The summed E-state index contributed by atoms with van der Waals surface area (Å²) in [6.07, 6.45) is 0. The Kier molecular flexibility index (Phi) is 3.60. The summed E-state index contributed by atoms with van der Waals surface area (Å²) in [7, 11) is 3.02. The van der Waals surface area contributed by atoms with Gasteiger partial charge in [-0.1, -0.05) is 0 Å². The molecule has 2 aromatic heterocycles. The van der Waals surface area contributed by atoms with Crippen LogP contribution in [0.3, 0.4) is 0 Å². The predicted octanol–water partition coefficient (Wildman–Crippen LogP) is 3.39. The van der Waals surface area contributed by atoms with E-state index in [0.29, 0.717) is 28.3 Å². The number of methoxy groups -OCH3 is 2. The zero-order valence-corrected chi connectivity index (χ0v) is 13.6. The highest BCUT2D eigenvalue weighted by Gasteiger charge is 2.17. The summed E-state index contributed by atoms with van der Waals surface area (Å²) >= 11 is 0. The van der Waals surface area contributed by atoms with Gasteiger partial charge < -0.3 is 14.8 Å². The largest absolute Gasteiger partial charge is 0.493 e. The molecule has 0 bridgehead atoms. The number of halogens is 3. The van der Waals surface area contributed by atoms with E-state index in [-0.39, 0.29) is 11.6 Å². The van der Waals surface area contributed by atoms with Crippen LogP contribution in [0, 0.1) is 17.5 Å². The van der Waals surface area contributed by atoms with E-state index < -0.39 is 17.5 Å². The summed E-state index contributed by atoms with van der Waals surface area (Å²) in [5.74, 6) is -2.76. The highest BCUT2D eigenvalue weighted by molar-refractivity contribution is 5.83. The van der Waals surface area contributed by atoms with Crippen LogP contribution in [0.5, 0.6) is 11.5 Å². The minimum Gasteiger partial charge on any atom is -0.493 e. The first-order valence-corrected chi connectivity index (χ1v) is 7.42. The van der Waals surface area contributed by atoms with Gasteiger partial charge in [0.25, 0.3) is 5.78 Å². The molecule has 0 saturated carbocycles. The number of nitrogens with one attached hydrogen (secondary N) is 2. The third kappa shape index (κ3) is 2.38. The Bertz CT molecular complexity index is 1140. The Balaban J connectivity index is 1.78. The quantitative estimate of drug-likeness (QED) is 0.544. The first-order chi connectivity index (χ1) is 12.5. The van der Waals surface area contributed by atoms with Gasteiger partial charge in [0.15, 0.2) is 29.0 Å². The maximum atomic E-state index is 13.8. The summed E-state index contributed by atoms with van der Waals surface area (Å²) in [5.41, 5.74) is 0.986. The molecule has 0 saturated heterocycles. The average Bonchev–Trinajstić information content (AvgIpc) is 3.17. The first kappa shape index (κ1) is 16.1. The smallest absolute Gasteiger partial charge is 0.253 e. The van der Waals surface area contributed by atoms with Gasteiger partial charge in [0, 0.05) is 12.1 Å². The number of imidazole rings is 1. The highest BCUT2D eigenvalue weighted by atomic mass is 19.2. The molecule has 0 aliphatic rings. The van der Waals surface area contributed by atoms with Crippen LogP contribution in [0.2, 0.25) is 0 Å². The fraction of sp³-hybridized carbons (Fsp3) is 0.125. The van der Waals surface area contributed by atoms with E-state index in [2.05, 4.69) is 20.4 Å². The Labute approximate surface area is 144 Å². The molecule has 4 rings (SSSR count). The molecule has 10 heteroatoms. The lowest BCUT2D eigenvalue weighted by Crippen LogP contribution is -2.00. The standard InChI is InChI=1S/C16H12F3N5O2/c1-25-11-5-9-10(6-12(11)26-2)24-16(21-9)22-15(23-24)20-8-4-3-7(17)13(18)14(8)19/h3-6H,1-2H3,(H2,20,21,22,23). The van der Waals surface area contributed by atoms with Gasteiger partial charge in [0.1, 0.15) is 0 Å². The van der Waals surface area contributed by atoms with Crippen molar-refractivity contribution in [2.45, 2.75) is 0 Å². The van der Waals surface area contributed by atoms with Crippen LogP contribution in [0.25, 0.3) is 16.8 Å². The number of hydrogen-bond acceptors (Lipinski definition) is 5. The van der Waals surface area contributed by atoms with E-state index in [1.54, 1.807) is 12.1 Å². The number of benzene rings is 2. The van der Waals surface area contributed by atoms with E-state index in [9.17, 15) is 13.2 Å². The Hall–Kier alpha value is -3.43. The molecule has 7 nitrogen and oxygen atoms in total. The molecule has 0 aliphatic heterocycles. The number of aromatic nitrogens is 4. The van der Waals surface area contributed by atoms with Crippen molar-refractivity contribution in [3.63, 3.8) is 0 Å². The third-order valence-electron chi connectivity index (χ3n) is 3.86. The summed E-state index contributed by atoms with van der Waals surface area (Å²) in [4.78, 5) is 8.50. The van der Waals surface area contributed by atoms with Gasteiger partial charge in [-0.05, 0) is 12.1 Å². The number of aromatic amines is 1. The molecule has 0 spiro atoms. The molecule has 0 unspecified atom stereocenters. The van der Waals surface area contributed by atoms with Gasteiger partial charge in [-0.25, -0.2) is 22.7 Å². The van der Waals surface area contributed by atoms with Crippen molar-refractivity contribution in [1.29, 1.82) is 0 Å². The Morgan fingerprint density at radius 2 is 1.73 bits per heavy atom. The number of fused-ring (bicyclic) bond motifs is 3. The monoisotopic (exact) mass is 363 g/mol. The minimum atomic E-state index is -1.56. The number of nitrogens with zero attached hydrogens (tertiary/aromatic N) is 3. The van der Waals surface area contributed by atoms with Crippen LogP contribution in [0.4, 0.5) is 24.8 Å². The molecule has 2 N–H and O–H groups in total. The van der Waals surface area contributed by atoms with Crippen molar-refractivity contribution < 1.29 is 22.6 Å². The maximum absolute atomic E-state index is 13.8. The van der Waals surface area contributed by atoms with Crippen LogP contribution < -0.4 is 14.8 Å². The molecule has 2 aromatic carbocycles. The van der Waals surface area contributed by atoms with Crippen LogP contribution >= 0.6 is 0 Å². The van der Waals surface area contributed by atoms with Crippen molar-refractivity contribution in [3.05, 3.63) is 41.7 Å². The van der Waals surface area contributed by atoms with E-state index in [0.717, 1.165) is 12.1 Å². The molecule has 134 valence electrons. The van der Waals surface area contributed by atoms with Gasteiger partial charge in [-0.3, -0.25) is 5.10 Å². The summed E-state index contributed by atoms with van der Waals surface area (Å²) in [6, 6.07) is 5.29. The van der Waals surface area contributed by atoms with Gasteiger partial charge in [-0.15, -0.1) is 0 Å². The second kappa shape index (κ2) is 5.83. The summed E-state index contributed by atoms with van der Waals surface area (Å²) < 4.78 is 52.2. The molecule has 4 aromatic rings. The van der Waals surface area contributed by atoms with E-state index in [1.807, 2.05) is 0 Å². The summed E-state index contributed by atoms with van der Waals surface area (Å²) in [5, 5.41) is 5.44. The zero-order chi connectivity index (χ0) is 18.4. The van der Waals surface area contributed by atoms with Gasteiger partial charge in [-0.2, -0.15) is 4.98 Å². The number of H-pyrrole nitrogens is 1. The highest BCUT2D eigenvalue weighted by Crippen LogP contribution is 2.32. The molecule has 26 heavy (non-hydrogen) atoms. The molecule has 0 atom stereocenters. The lowest BCUT2D eigenvalue weighted by molar-refractivity contribution is 0.355. The second-order valence-electron chi connectivity index (χ2n) is 5.36. The van der Waals surface area contributed by atoms with Crippen molar-refractivity contribution in [3.8, 4) is 11.5 Å². The van der Waals surface area contributed by atoms with Crippen molar-refractivity contribution in [2.75, 3.05) is 19.5 Å². The number of rotatable bonds is 4. The normalized spacial score (nSPS) is 11.3. The maximum Gasteiger partial charge on any atom is 0.253 e. The van der Waals surface area contributed by atoms with Crippen LogP contribution in [0.15, 0.2) is 24.3 Å². The van der Waals surface area contributed by atoms with Crippen molar-refractivity contribution in [2.24, 2.45) is 0 Å². The Morgan fingerprint density at radius 1 is 1.00 bits per heavy atom. The van der Waals surface area contributed by atoms with Crippen molar-refractivity contribution in [1.82, 2.24) is 19.6 Å². The lowest BCUT2D eigenvalue weighted by atomic mass is 10.3. The van der Waals surface area contributed by atoms with Gasteiger partial charge >= 0.3 is 0 Å².